The Bertz CT molecular complexity index is 1090. The zero-order chi connectivity index (χ0) is 20.1. The molecule has 0 spiro atoms. The number of imidazole rings is 1. The fourth-order valence-electron chi connectivity index (χ4n) is 3.40. The zero-order valence-electron chi connectivity index (χ0n) is 17.0. The van der Waals surface area contributed by atoms with Crippen molar-refractivity contribution in [2.75, 3.05) is 6.61 Å². The van der Waals surface area contributed by atoms with Gasteiger partial charge in [0.15, 0.2) is 0 Å². The molecule has 0 aliphatic carbocycles. The van der Waals surface area contributed by atoms with Crippen LogP contribution in [-0.4, -0.2) is 16.2 Å². The summed E-state index contributed by atoms with van der Waals surface area (Å²) in [6.45, 7) is 5.73. The van der Waals surface area contributed by atoms with Gasteiger partial charge in [0.2, 0.25) is 0 Å². The summed E-state index contributed by atoms with van der Waals surface area (Å²) >= 11 is 0. The van der Waals surface area contributed by atoms with E-state index in [1.807, 2.05) is 24.3 Å². The van der Waals surface area contributed by atoms with E-state index >= 15 is 0 Å². The Morgan fingerprint density at radius 3 is 2.34 bits per heavy atom. The molecule has 0 amide bonds. The third-order valence-corrected chi connectivity index (χ3v) is 5.04. The summed E-state index contributed by atoms with van der Waals surface area (Å²) in [5.74, 6) is 2.37. The van der Waals surface area contributed by atoms with E-state index < -0.39 is 0 Å². The summed E-state index contributed by atoms with van der Waals surface area (Å²) in [6.07, 6.45) is 4.18. The van der Waals surface area contributed by atoms with Gasteiger partial charge in [0.25, 0.3) is 0 Å². The molecule has 4 rings (SSSR count). The van der Waals surface area contributed by atoms with Gasteiger partial charge in [-0.2, -0.15) is 0 Å². The van der Waals surface area contributed by atoms with Crippen LogP contribution in [0.4, 0.5) is 0 Å². The molecular weight excluding hydrogens is 356 g/mol. The quantitative estimate of drug-likeness (QED) is 0.369. The van der Waals surface area contributed by atoms with Crippen molar-refractivity contribution in [2.45, 2.75) is 26.3 Å². The maximum absolute atomic E-state index is 6.01. The number of hydrogen-bond donors (Lipinski definition) is 0. The Labute approximate surface area is 172 Å². The highest BCUT2D eigenvalue weighted by Gasteiger charge is 2.08. The number of nitrogens with zero attached hydrogens (tertiary/aromatic N) is 2. The van der Waals surface area contributed by atoms with Crippen LogP contribution in [0.15, 0.2) is 78.9 Å². The van der Waals surface area contributed by atoms with Gasteiger partial charge in [0.05, 0.1) is 17.6 Å². The molecule has 1 heterocycles. The van der Waals surface area contributed by atoms with Gasteiger partial charge in [0, 0.05) is 0 Å². The number of ether oxygens (including phenoxy) is 1. The molecule has 0 atom stereocenters. The summed E-state index contributed by atoms with van der Waals surface area (Å²) in [4.78, 5) is 4.80. The third kappa shape index (κ3) is 4.57. The SMILES string of the molecule is CC(C)c1ccc(OCCn2c(/C=C/c3ccccc3)nc3ccccc32)cc1. The van der Waals surface area contributed by atoms with Crippen LogP contribution in [0.2, 0.25) is 0 Å². The fraction of sp³-hybridized carbons (Fsp3) is 0.192. The van der Waals surface area contributed by atoms with Crippen molar-refractivity contribution in [3.8, 4) is 5.75 Å². The number of aromatic nitrogens is 2. The predicted molar refractivity (Wildman–Crippen MR) is 121 cm³/mol. The van der Waals surface area contributed by atoms with Crippen LogP contribution >= 0.6 is 0 Å². The van der Waals surface area contributed by atoms with Crippen LogP contribution in [-0.2, 0) is 6.54 Å². The number of hydrogen-bond acceptors (Lipinski definition) is 2. The van der Waals surface area contributed by atoms with Crippen molar-refractivity contribution < 1.29 is 4.74 Å². The van der Waals surface area contributed by atoms with Crippen LogP contribution in [0.5, 0.6) is 5.75 Å². The van der Waals surface area contributed by atoms with Crippen molar-refractivity contribution in [1.82, 2.24) is 9.55 Å². The molecule has 0 bridgehead atoms. The van der Waals surface area contributed by atoms with E-state index in [4.69, 9.17) is 9.72 Å². The first-order valence-electron chi connectivity index (χ1n) is 10.1. The Morgan fingerprint density at radius 1 is 0.862 bits per heavy atom. The van der Waals surface area contributed by atoms with E-state index in [0.717, 1.165) is 34.7 Å². The topological polar surface area (TPSA) is 27.1 Å². The van der Waals surface area contributed by atoms with Crippen molar-refractivity contribution >= 4 is 23.2 Å². The first-order valence-corrected chi connectivity index (χ1v) is 10.1. The van der Waals surface area contributed by atoms with E-state index in [9.17, 15) is 0 Å². The lowest BCUT2D eigenvalue weighted by atomic mass is 10.0. The third-order valence-electron chi connectivity index (χ3n) is 5.04. The summed E-state index contributed by atoms with van der Waals surface area (Å²) in [5.41, 5.74) is 4.61. The summed E-state index contributed by atoms with van der Waals surface area (Å²) in [6, 6.07) is 26.9. The van der Waals surface area contributed by atoms with Gasteiger partial charge in [-0.15, -0.1) is 0 Å². The minimum Gasteiger partial charge on any atom is -0.492 e. The lowest BCUT2D eigenvalue weighted by molar-refractivity contribution is 0.299. The van der Waals surface area contributed by atoms with E-state index in [2.05, 4.69) is 85.2 Å². The molecule has 0 N–H and O–H groups in total. The second kappa shape index (κ2) is 8.78. The predicted octanol–water partition coefficient (Wildman–Crippen LogP) is 6.41. The first kappa shape index (κ1) is 19.0. The van der Waals surface area contributed by atoms with Gasteiger partial charge in [-0.3, -0.25) is 0 Å². The fourth-order valence-corrected chi connectivity index (χ4v) is 3.40. The van der Waals surface area contributed by atoms with Crippen LogP contribution in [0.25, 0.3) is 23.2 Å². The summed E-state index contributed by atoms with van der Waals surface area (Å²) in [7, 11) is 0. The molecule has 3 nitrogen and oxygen atoms in total. The van der Waals surface area contributed by atoms with Crippen molar-refractivity contribution in [3.05, 3.63) is 95.8 Å². The second-order valence-corrected chi connectivity index (χ2v) is 7.43. The zero-order valence-corrected chi connectivity index (χ0v) is 17.0. The average Bonchev–Trinajstić information content (AvgIpc) is 3.11. The average molecular weight is 383 g/mol. The lowest BCUT2D eigenvalue weighted by Gasteiger charge is -2.11. The Hall–Kier alpha value is -3.33. The number of para-hydroxylation sites is 2. The lowest BCUT2D eigenvalue weighted by Crippen LogP contribution is -2.09. The van der Waals surface area contributed by atoms with Crippen LogP contribution in [0, 0.1) is 0 Å². The molecule has 29 heavy (non-hydrogen) atoms. The highest BCUT2D eigenvalue weighted by atomic mass is 16.5. The molecule has 3 aromatic carbocycles. The maximum atomic E-state index is 6.01. The van der Waals surface area contributed by atoms with E-state index in [-0.39, 0.29) is 0 Å². The highest BCUT2D eigenvalue weighted by molar-refractivity contribution is 5.79. The molecule has 146 valence electrons. The van der Waals surface area contributed by atoms with Gasteiger partial charge >= 0.3 is 0 Å². The second-order valence-electron chi connectivity index (χ2n) is 7.43. The molecule has 0 saturated heterocycles. The maximum Gasteiger partial charge on any atom is 0.133 e. The smallest absolute Gasteiger partial charge is 0.133 e. The van der Waals surface area contributed by atoms with Crippen LogP contribution in [0.1, 0.15) is 36.7 Å². The van der Waals surface area contributed by atoms with Crippen LogP contribution in [0.3, 0.4) is 0 Å². The molecule has 0 fully saturated rings. The highest BCUT2D eigenvalue weighted by Crippen LogP contribution is 2.20. The monoisotopic (exact) mass is 382 g/mol. The van der Waals surface area contributed by atoms with Gasteiger partial charge in [-0.1, -0.05) is 74.5 Å². The van der Waals surface area contributed by atoms with Crippen molar-refractivity contribution in [1.29, 1.82) is 0 Å². The molecule has 0 radical (unpaired) electrons. The summed E-state index contributed by atoms with van der Waals surface area (Å²) < 4.78 is 8.23. The number of benzene rings is 3. The molecule has 1 aromatic heterocycles. The Kier molecular flexibility index (Phi) is 5.76. The van der Waals surface area contributed by atoms with Gasteiger partial charge in [-0.05, 0) is 47.4 Å². The van der Waals surface area contributed by atoms with E-state index in [0.29, 0.717) is 12.5 Å². The van der Waals surface area contributed by atoms with E-state index in [1.165, 1.54) is 5.56 Å². The normalized spacial score (nSPS) is 11.6. The van der Waals surface area contributed by atoms with Crippen molar-refractivity contribution in [2.24, 2.45) is 0 Å². The van der Waals surface area contributed by atoms with E-state index in [1.54, 1.807) is 0 Å². The Balaban J connectivity index is 1.52. The molecule has 0 saturated carbocycles. The molecule has 3 heteroatoms. The molecule has 0 aliphatic heterocycles. The molecule has 4 aromatic rings. The first-order chi connectivity index (χ1) is 14.2. The van der Waals surface area contributed by atoms with Gasteiger partial charge in [0.1, 0.15) is 18.2 Å². The largest absolute Gasteiger partial charge is 0.492 e. The number of rotatable bonds is 7. The summed E-state index contributed by atoms with van der Waals surface area (Å²) in [5, 5.41) is 0. The molecular formula is C26H26N2O. The Morgan fingerprint density at radius 2 is 1.59 bits per heavy atom. The van der Waals surface area contributed by atoms with Crippen LogP contribution < -0.4 is 4.74 Å². The minimum absolute atomic E-state index is 0.528. The molecule has 0 unspecified atom stereocenters. The standard InChI is InChI=1S/C26H26N2O/c1-20(2)22-13-15-23(16-14-22)29-19-18-28-25-11-7-6-10-24(25)27-26(28)17-12-21-8-4-3-5-9-21/h3-17,20H,18-19H2,1-2H3/b17-12+. The number of fused-ring (bicyclic) bond motifs is 1. The molecule has 0 aliphatic rings. The van der Waals surface area contributed by atoms with Gasteiger partial charge < -0.3 is 9.30 Å². The van der Waals surface area contributed by atoms with Gasteiger partial charge in [-0.25, -0.2) is 4.98 Å². The minimum atomic E-state index is 0.528. The van der Waals surface area contributed by atoms with Crippen molar-refractivity contribution in [3.63, 3.8) is 0 Å².